The molecule has 2 aliphatic carbocycles. The van der Waals surface area contributed by atoms with Gasteiger partial charge in [0.25, 0.3) is 5.91 Å². The summed E-state index contributed by atoms with van der Waals surface area (Å²) in [4.78, 5) is 16.6. The molecule has 4 atom stereocenters. The Labute approximate surface area is 174 Å². The maximum atomic E-state index is 12.9. The van der Waals surface area contributed by atoms with Gasteiger partial charge in [-0.05, 0) is 48.9 Å². The summed E-state index contributed by atoms with van der Waals surface area (Å²) >= 11 is 6.18. The molecule has 2 N–H and O–H groups in total. The van der Waals surface area contributed by atoms with E-state index in [1.54, 1.807) is 29.2 Å². The van der Waals surface area contributed by atoms with Crippen molar-refractivity contribution in [2.24, 2.45) is 11.8 Å². The fraction of sp³-hybridized carbons (Fsp3) is 0.333. The summed E-state index contributed by atoms with van der Waals surface area (Å²) in [5, 5.41) is 14.6. The normalized spacial score (nSPS) is 27.8. The molecule has 0 aliphatic heterocycles. The Morgan fingerprint density at radius 3 is 2.70 bits per heavy atom. The molecule has 5 rings (SSSR count). The van der Waals surface area contributed by atoms with Gasteiger partial charge in [0.05, 0.1) is 34.2 Å². The number of nitrogens with zero attached hydrogens (tertiary/aromatic N) is 2. The van der Waals surface area contributed by atoms with Crippen LogP contribution >= 0.6 is 11.6 Å². The van der Waals surface area contributed by atoms with Crippen molar-refractivity contribution in [1.29, 1.82) is 0 Å². The van der Waals surface area contributed by atoms with Gasteiger partial charge in [0.2, 0.25) is 0 Å². The molecule has 2 saturated carbocycles. The standard InChI is InChI=1S/C21H17ClF3N3O2/c22-13-5-16(17-8-26-10-28(17)9-13)20(30)6-14-15(7-20)18(14)27-19(29)11-2-1-3-12(4-11)21(23,24)25/h1-5,8-10,14-15,18,30H,6-7H2,(H,27,29)/t14-,15+,18+,20-. The maximum absolute atomic E-state index is 12.9. The predicted molar refractivity (Wildman–Crippen MR) is 103 cm³/mol. The first-order valence-corrected chi connectivity index (χ1v) is 9.86. The highest BCUT2D eigenvalue weighted by atomic mass is 35.5. The minimum absolute atomic E-state index is 0.0270. The summed E-state index contributed by atoms with van der Waals surface area (Å²) in [6.45, 7) is 0. The predicted octanol–water partition coefficient (Wildman–Crippen LogP) is 4.03. The molecule has 9 heteroatoms. The van der Waals surface area contributed by atoms with Crippen molar-refractivity contribution in [3.05, 3.63) is 70.8 Å². The van der Waals surface area contributed by atoms with Crippen molar-refractivity contribution < 1.29 is 23.1 Å². The van der Waals surface area contributed by atoms with E-state index in [9.17, 15) is 23.1 Å². The molecule has 2 aliphatic rings. The first-order chi connectivity index (χ1) is 14.2. The molecular formula is C21H17ClF3N3O2. The van der Waals surface area contributed by atoms with Crippen LogP contribution in [0.4, 0.5) is 13.2 Å². The number of hydrogen-bond acceptors (Lipinski definition) is 3. The van der Waals surface area contributed by atoms with Gasteiger partial charge in [-0.15, -0.1) is 0 Å². The topological polar surface area (TPSA) is 66.6 Å². The second-order valence-corrected chi connectivity index (χ2v) is 8.54. The van der Waals surface area contributed by atoms with E-state index in [1.807, 2.05) is 0 Å². The number of nitrogens with one attached hydrogen (secondary N) is 1. The summed E-state index contributed by atoms with van der Waals surface area (Å²) in [6.07, 6.45) is 1.37. The van der Waals surface area contributed by atoms with Gasteiger partial charge >= 0.3 is 6.18 Å². The summed E-state index contributed by atoms with van der Waals surface area (Å²) in [5.41, 5.74) is -0.499. The minimum Gasteiger partial charge on any atom is -0.385 e. The number of amides is 1. The van der Waals surface area contributed by atoms with Crippen molar-refractivity contribution in [3.8, 4) is 0 Å². The molecular weight excluding hydrogens is 419 g/mol. The van der Waals surface area contributed by atoms with E-state index in [1.165, 1.54) is 12.1 Å². The largest absolute Gasteiger partial charge is 0.416 e. The van der Waals surface area contributed by atoms with Crippen LogP contribution < -0.4 is 5.32 Å². The lowest BCUT2D eigenvalue weighted by Gasteiger charge is -2.27. The van der Waals surface area contributed by atoms with Crippen molar-refractivity contribution >= 4 is 23.0 Å². The molecule has 156 valence electrons. The van der Waals surface area contributed by atoms with Crippen LogP contribution in [-0.2, 0) is 11.8 Å². The van der Waals surface area contributed by atoms with Crippen molar-refractivity contribution in [2.45, 2.75) is 30.7 Å². The van der Waals surface area contributed by atoms with Crippen molar-refractivity contribution in [3.63, 3.8) is 0 Å². The molecule has 3 aromatic rings. The Morgan fingerprint density at radius 2 is 2.00 bits per heavy atom. The number of carbonyl (C=O) groups is 1. The average Bonchev–Trinajstić information content (AvgIpc) is 3.03. The van der Waals surface area contributed by atoms with Crippen LogP contribution in [0.25, 0.3) is 5.52 Å². The highest BCUT2D eigenvalue weighted by molar-refractivity contribution is 6.30. The lowest BCUT2D eigenvalue weighted by Crippen LogP contribution is -2.33. The molecule has 0 radical (unpaired) electrons. The maximum Gasteiger partial charge on any atom is 0.416 e. The van der Waals surface area contributed by atoms with E-state index in [0.29, 0.717) is 23.4 Å². The number of fused-ring (bicyclic) bond motifs is 2. The monoisotopic (exact) mass is 435 g/mol. The highest BCUT2D eigenvalue weighted by Gasteiger charge is 2.62. The summed E-state index contributed by atoms with van der Waals surface area (Å²) < 4.78 is 40.4. The first kappa shape index (κ1) is 19.4. The second kappa shape index (κ2) is 6.46. The number of halogens is 4. The van der Waals surface area contributed by atoms with Crippen LogP contribution in [0.15, 0.2) is 49.1 Å². The van der Waals surface area contributed by atoms with Crippen LogP contribution in [0.5, 0.6) is 0 Å². The third-order valence-corrected chi connectivity index (χ3v) is 6.42. The zero-order valence-electron chi connectivity index (χ0n) is 15.5. The van der Waals surface area contributed by atoms with Gasteiger partial charge in [-0.25, -0.2) is 4.98 Å². The molecule has 2 aromatic heterocycles. The van der Waals surface area contributed by atoms with Gasteiger partial charge in [-0.1, -0.05) is 17.7 Å². The quantitative estimate of drug-likeness (QED) is 0.652. The number of aliphatic hydroxyl groups is 1. The molecule has 1 aromatic carbocycles. The van der Waals surface area contributed by atoms with Crippen molar-refractivity contribution in [1.82, 2.24) is 14.7 Å². The summed E-state index contributed by atoms with van der Waals surface area (Å²) in [6, 6.07) is 5.95. The number of alkyl halides is 3. The molecule has 0 spiro atoms. The van der Waals surface area contributed by atoms with E-state index < -0.39 is 23.2 Å². The zero-order chi connectivity index (χ0) is 21.3. The fourth-order valence-corrected chi connectivity index (χ4v) is 4.96. The second-order valence-electron chi connectivity index (χ2n) is 8.10. The van der Waals surface area contributed by atoms with Crippen LogP contribution in [0.1, 0.15) is 34.3 Å². The Kier molecular flexibility index (Phi) is 4.17. The smallest absolute Gasteiger partial charge is 0.385 e. The Morgan fingerprint density at radius 1 is 1.27 bits per heavy atom. The summed E-state index contributed by atoms with van der Waals surface area (Å²) in [5.74, 6) is -0.414. The molecule has 2 heterocycles. The molecule has 0 saturated heterocycles. The number of carbonyl (C=O) groups excluding carboxylic acids is 1. The van der Waals surface area contributed by atoms with Crippen LogP contribution in [0.3, 0.4) is 0 Å². The van der Waals surface area contributed by atoms with E-state index in [-0.39, 0.29) is 23.4 Å². The molecule has 30 heavy (non-hydrogen) atoms. The SMILES string of the molecule is O=C(N[C@H]1[C@@H]2C[C@](O)(c3cc(Cl)cn4cncc34)C[C@@H]21)c1cccc(C(F)(F)F)c1. The van der Waals surface area contributed by atoms with Gasteiger partial charge in [0.15, 0.2) is 0 Å². The van der Waals surface area contributed by atoms with Gasteiger partial charge < -0.3 is 14.8 Å². The van der Waals surface area contributed by atoms with E-state index in [4.69, 9.17) is 11.6 Å². The average molecular weight is 436 g/mol. The molecule has 0 unspecified atom stereocenters. The third-order valence-electron chi connectivity index (χ3n) is 6.22. The molecule has 2 fully saturated rings. The number of aromatic nitrogens is 2. The molecule has 5 nitrogen and oxygen atoms in total. The minimum atomic E-state index is -4.50. The van der Waals surface area contributed by atoms with E-state index in [0.717, 1.165) is 17.6 Å². The van der Waals surface area contributed by atoms with E-state index >= 15 is 0 Å². The first-order valence-electron chi connectivity index (χ1n) is 9.48. The van der Waals surface area contributed by atoms with Crippen LogP contribution in [-0.4, -0.2) is 26.4 Å². The number of rotatable bonds is 3. The van der Waals surface area contributed by atoms with Gasteiger partial charge in [-0.3, -0.25) is 4.79 Å². The number of hydrogen-bond donors (Lipinski definition) is 2. The summed E-state index contributed by atoms with van der Waals surface area (Å²) in [7, 11) is 0. The Bertz CT molecular complexity index is 1150. The van der Waals surface area contributed by atoms with Crippen LogP contribution in [0, 0.1) is 11.8 Å². The van der Waals surface area contributed by atoms with Crippen molar-refractivity contribution in [2.75, 3.05) is 0 Å². The number of benzene rings is 1. The zero-order valence-corrected chi connectivity index (χ0v) is 16.3. The Hall–Kier alpha value is -2.58. The van der Waals surface area contributed by atoms with Gasteiger partial charge in [0, 0.05) is 23.4 Å². The van der Waals surface area contributed by atoms with Gasteiger partial charge in [0.1, 0.15) is 0 Å². The Balaban J connectivity index is 1.30. The van der Waals surface area contributed by atoms with Gasteiger partial charge in [-0.2, -0.15) is 13.2 Å². The highest BCUT2D eigenvalue weighted by Crippen LogP contribution is 2.60. The molecule has 0 bridgehead atoms. The number of imidazole rings is 1. The lowest BCUT2D eigenvalue weighted by atomic mass is 9.88. The third kappa shape index (κ3) is 3.15. The van der Waals surface area contributed by atoms with Crippen LogP contribution in [0.2, 0.25) is 5.02 Å². The van der Waals surface area contributed by atoms with E-state index in [2.05, 4.69) is 10.3 Å². The lowest BCUT2D eigenvalue weighted by molar-refractivity contribution is -0.137. The fourth-order valence-electron chi connectivity index (χ4n) is 4.74. The molecule has 1 amide bonds. The number of pyridine rings is 1.